The van der Waals surface area contributed by atoms with Gasteiger partial charge < -0.3 is 5.73 Å². The van der Waals surface area contributed by atoms with E-state index in [1.54, 1.807) is 0 Å². The molecule has 0 aliphatic heterocycles. The van der Waals surface area contributed by atoms with E-state index in [4.69, 9.17) is 5.73 Å². The molecule has 2 aromatic rings. The van der Waals surface area contributed by atoms with Gasteiger partial charge in [-0.1, -0.05) is 46.3 Å². The van der Waals surface area contributed by atoms with Crippen LogP contribution in [0.2, 0.25) is 0 Å². The van der Waals surface area contributed by atoms with Gasteiger partial charge in [0.1, 0.15) is 0 Å². The largest absolute Gasteiger partial charge is 0.321 e. The van der Waals surface area contributed by atoms with Gasteiger partial charge in [-0.3, -0.25) is 0 Å². The molecular formula is C13H12BrN. The molecule has 1 aliphatic rings. The smallest absolute Gasteiger partial charge is 0.0428 e. The Morgan fingerprint density at radius 3 is 2.53 bits per heavy atom. The van der Waals surface area contributed by atoms with Crippen LogP contribution in [0.1, 0.15) is 18.4 Å². The molecule has 15 heavy (non-hydrogen) atoms. The summed E-state index contributed by atoms with van der Waals surface area (Å²) in [6.07, 6.45) is 2.19. The summed E-state index contributed by atoms with van der Waals surface area (Å²) in [6, 6.07) is 12.7. The Kier molecular flexibility index (Phi) is 1.91. The van der Waals surface area contributed by atoms with E-state index in [0.717, 1.165) is 17.3 Å². The van der Waals surface area contributed by atoms with Gasteiger partial charge in [-0.2, -0.15) is 0 Å². The van der Waals surface area contributed by atoms with Crippen molar-refractivity contribution in [1.29, 1.82) is 0 Å². The van der Waals surface area contributed by atoms with Crippen LogP contribution < -0.4 is 5.73 Å². The van der Waals surface area contributed by atoms with Crippen LogP contribution in [0.15, 0.2) is 40.9 Å². The second-order valence-electron chi connectivity index (χ2n) is 4.30. The topological polar surface area (TPSA) is 26.0 Å². The lowest BCUT2D eigenvalue weighted by atomic mass is 9.98. The molecule has 2 N–H and O–H groups in total. The van der Waals surface area contributed by atoms with Gasteiger partial charge in [0, 0.05) is 10.0 Å². The Morgan fingerprint density at radius 1 is 1.07 bits per heavy atom. The van der Waals surface area contributed by atoms with Gasteiger partial charge in [0.05, 0.1) is 0 Å². The fourth-order valence-corrected chi connectivity index (χ4v) is 2.88. The summed E-state index contributed by atoms with van der Waals surface area (Å²) in [5, 5.41) is 2.55. The van der Waals surface area contributed by atoms with E-state index in [1.165, 1.54) is 16.3 Å². The number of nitrogens with two attached hydrogens (primary N) is 1. The van der Waals surface area contributed by atoms with E-state index in [0.29, 0.717) is 0 Å². The summed E-state index contributed by atoms with van der Waals surface area (Å²) in [5.74, 6) is 0. The fraction of sp³-hybridized carbons (Fsp3) is 0.231. The van der Waals surface area contributed by atoms with E-state index < -0.39 is 0 Å². The van der Waals surface area contributed by atoms with Gasteiger partial charge in [0.2, 0.25) is 0 Å². The molecule has 0 bridgehead atoms. The summed E-state index contributed by atoms with van der Waals surface area (Å²) in [7, 11) is 0. The molecule has 0 amide bonds. The molecule has 0 atom stereocenters. The zero-order valence-electron chi connectivity index (χ0n) is 8.33. The van der Waals surface area contributed by atoms with E-state index in [1.807, 2.05) is 0 Å². The van der Waals surface area contributed by atoms with Crippen molar-refractivity contribution in [1.82, 2.24) is 0 Å². The van der Waals surface area contributed by atoms with E-state index in [2.05, 4.69) is 52.3 Å². The lowest BCUT2D eigenvalue weighted by Gasteiger charge is -2.15. The first kappa shape index (κ1) is 9.37. The van der Waals surface area contributed by atoms with Gasteiger partial charge in [0.15, 0.2) is 0 Å². The molecular weight excluding hydrogens is 250 g/mol. The molecule has 1 saturated carbocycles. The Morgan fingerprint density at radius 2 is 1.80 bits per heavy atom. The van der Waals surface area contributed by atoms with Gasteiger partial charge in [-0.25, -0.2) is 0 Å². The van der Waals surface area contributed by atoms with Crippen molar-refractivity contribution < 1.29 is 0 Å². The Hall–Kier alpha value is -0.860. The van der Waals surface area contributed by atoms with Crippen LogP contribution in [-0.4, -0.2) is 0 Å². The lowest BCUT2D eigenvalue weighted by molar-refractivity contribution is 0.744. The van der Waals surface area contributed by atoms with E-state index in [9.17, 15) is 0 Å². The van der Waals surface area contributed by atoms with E-state index in [-0.39, 0.29) is 5.54 Å². The van der Waals surface area contributed by atoms with Crippen molar-refractivity contribution in [3.8, 4) is 0 Å². The van der Waals surface area contributed by atoms with Gasteiger partial charge in [-0.05, 0) is 35.2 Å². The number of fused-ring (bicyclic) bond motifs is 1. The van der Waals surface area contributed by atoms with Crippen LogP contribution in [0.3, 0.4) is 0 Å². The number of hydrogen-bond donors (Lipinski definition) is 1. The van der Waals surface area contributed by atoms with Crippen LogP contribution in [0.4, 0.5) is 0 Å². The van der Waals surface area contributed by atoms with Crippen molar-refractivity contribution in [3.63, 3.8) is 0 Å². The standard InChI is InChI=1S/C13H12BrN/c14-11-6-5-9-3-1-2-4-10(9)12(11)13(15)7-8-13/h1-6H,7-8,15H2. The fourth-order valence-electron chi connectivity index (χ4n) is 2.14. The third-order valence-electron chi connectivity index (χ3n) is 3.16. The van der Waals surface area contributed by atoms with Crippen LogP contribution in [0.5, 0.6) is 0 Å². The van der Waals surface area contributed by atoms with Gasteiger partial charge >= 0.3 is 0 Å². The molecule has 0 heterocycles. The molecule has 0 unspecified atom stereocenters. The monoisotopic (exact) mass is 261 g/mol. The Balaban J connectivity index is 2.38. The van der Waals surface area contributed by atoms with Crippen molar-refractivity contribution in [2.45, 2.75) is 18.4 Å². The molecule has 76 valence electrons. The highest BCUT2D eigenvalue weighted by molar-refractivity contribution is 9.10. The molecule has 0 radical (unpaired) electrons. The predicted molar refractivity (Wildman–Crippen MR) is 66.7 cm³/mol. The average molecular weight is 262 g/mol. The molecule has 1 fully saturated rings. The minimum atomic E-state index is -0.0836. The normalized spacial score (nSPS) is 18.0. The quantitative estimate of drug-likeness (QED) is 0.835. The van der Waals surface area contributed by atoms with E-state index >= 15 is 0 Å². The number of benzene rings is 2. The van der Waals surface area contributed by atoms with Crippen molar-refractivity contribution in [2.24, 2.45) is 5.73 Å². The highest BCUT2D eigenvalue weighted by atomic mass is 79.9. The second-order valence-corrected chi connectivity index (χ2v) is 5.15. The summed E-state index contributed by atoms with van der Waals surface area (Å²) in [5.41, 5.74) is 7.50. The molecule has 2 aromatic carbocycles. The second kappa shape index (κ2) is 3.06. The maximum absolute atomic E-state index is 6.30. The van der Waals surface area contributed by atoms with Crippen LogP contribution in [0, 0.1) is 0 Å². The zero-order chi connectivity index (χ0) is 10.5. The first-order valence-corrected chi connectivity index (χ1v) is 5.97. The van der Waals surface area contributed by atoms with Crippen LogP contribution in [-0.2, 0) is 5.54 Å². The SMILES string of the molecule is NC1(c2c(Br)ccc3ccccc23)CC1. The number of hydrogen-bond acceptors (Lipinski definition) is 1. The number of halogens is 1. The van der Waals surface area contributed by atoms with Crippen molar-refractivity contribution in [2.75, 3.05) is 0 Å². The molecule has 1 nitrogen and oxygen atoms in total. The molecule has 1 aliphatic carbocycles. The third kappa shape index (κ3) is 1.40. The summed E-state index contributed by atoms with van der Waals surface area (Å²) >= 11 is 3.61. The van der Waals surface area contributed by atoms with Crippen LogP contribution >= 0.6 is 15.9 Å². The molecule has 0 spiro atoms. The van der Waals surface area contributed by atoms with Crippen molar-refractivity contribution in [3.05, 3.63) is 46.4 Å². The average Bonchev–Trinajstić information content (AvgIpc) is 2.97. The maximum Gasteiger partial charge on any atom is 0.0428 e. The lowest BCUT2D eigenvalue weighted by Crippen LogP contribution is -2.19. The van der Waals surface area contributed by atoms with Crippen molar-refractivity contribution >= 4 is 26.7 Å². The predicted octanol–water partition coefficient (Wildman–Crippen LogP) is 3.55. The Labute approximate surface area is 97.4 Å². The first-order valence-electron chi connectivity index (χ1n) is 5.17. The Bertz CT molecular complexity index is 529. The maximum atomic E-state index is 6.30. The third-order valence-corrected chi connectivity index (χ3v) is 3.83. The highest BCUT2D eigenvalue weighted by Gasteiger charge is 2.42. The summed E-state index contributed by atoms with van der Waals surface area (Å²) < 4.78 is 1.14. The summed E-state index contributed by atoms with van der Waals surface area (Å²) in [6.45, 7) is 0. The minimum Gasteiger partial charge on any atom is -0.321 e. The van der Waals surface area contributed by atoms with Gasteiger partial charge in [0.25, 0.3) is 0 Å². The van der Waals surface area contributed by atoms with Crippen LogP contribution in [0.25, 0.3) is 10.8 Å². The summed E-state index contributed by atoms with van der Waals surface area (Å²) in [4.78, 5) is 0. The zero-order valence-corrected chi connectivity index (χ0v) is 9.92. The van der Waals surface area contributed by atoms with Gasteiger partial charge in [-0.15, -0.1) is 0 Å². The molecule has 3 rings (SSSR count). The first-order chi connectivity index (χ1) is 7.21. The molecule has 0 saturated heterocycles. The molecule has 2 heteroatoms. The highest BCUT2D eigenvalue weighted by Crippen LogP contribution is 2.48. The number of rotatable bonds is 1. The minimum absolute atomic E-state index is 0.0836. The molecule has 0 aromatic heterocycles.